The summed E-state index contributed by atoms with van der Waals surface area (Å²) in [5, 5.41) is 8.15. The molecule has 1 amide bonds. The zero-order chi connectivity index (χ0) is 20.3. The smallest absolute Gasteiger partial charge is 0.251 e. The number of hydrogen-bond acceptors (Lipinski definition) is 3. The van der Waals surface area contributed by atoms with Gasteiger partial charge in [0.1, 0.15) is 0 Å². The van der Waals surface area contributed by atoms with Crippen LogP contribution >= 0.6 is 11.6 Å². The molecular weight excluding hydrogens is 386 g/mol. The van der Waals surface area contributed by atoms with Gasteiger partial charge < -0.3 is 10.1 Å². The Morgan fingerprint density at radius 3 is 2.59 bits per heavy atom. The van der Waals surface area contributed by atoms with Crippen LogP contribution in [0.15, 0.2) is 60.8 Å². The maximum atomic E-state index is 12.8. The molecule has 1 aliphatic heterocycles. The Labute approximate surface area is 175 Å². The van der Waals surface area contributed by atoms with E-state index in [1.54, 1.807) is 6.20 Å². The minimum absolute atomic E-state index is 0.0818. The van der Waals surface area contributed by atoms with Crippen molar-refractivity contribution in [2.75, 3.05) is 19.8 Å². The molecule has 6 heteroatoms. The molecule has 2 heterocycles. The topological polar surface area (TPSA) is 56.2 Å². The molecule has 0 atom stereocenters. The summed E-state index contributed by atoms with van der Waals surface area (Å²) >= 11 is 6.23. The van der Waals surface area contributed by atoms with Crippen LogP contribution in [0.4, 0.5) is 0 Å². The van der Waals surface area contributed by atoms with E-state index in [1.165, 1.54) is 0 Å². The third kappa shape index (κ3) is 4.21. The second kappa shape index (κ2) is 8.39. The molecule has 4 rings (SSSR count). The van der Waals surface area contributed by atoms with Gasteiger partial charge in [0.05, 0.1) is 5.69 Å². The Morgan fingerprint density at radius 1 is 1.17 bits per heavy atom. The van der Waals surface area contributed by atoms with E-state index in [2.05, 4.69) is 16.5 Å². The zero-order valence-electron chi connectivity index (χ0n) is 16.4. The maximum absolute atomic E-state index is 12.8. The summed E-state index contributed by atoms with van der Waals surface area (Å²) in [6, 6.07) is 17.4. The molecule has 0 bridgehead atoms. The van der Waals surface area contributed by atoms with Crippen LogP contribution in [0.5, 0.6) is 0 Å². The summed E-state index contributed by atoms with van der Waals surface area (Å²) in [6.07, 6.45) is 3.47. The molecular formula is C23H24ClN3O2. The monoisotopic (exact) mass is 409 g/mol. The lowest BCUT2D eigenvalue weighted by Gasteiger charge is -2.38. The summed E-state index contributed by atoms with van der Waals surface area (Å²) in [7, 11) is 0. The number of hydrogen-bond donors (Lipinski definition) is 1. The molecule has 1 fully saturated rings. The van der Waals surface area contributed by atoms with Crippen molar-refractivity contribution in [3.05, 3.63) is 82.6 Å². The lowest BCUT2D eigenvalue weighted by Crippen LogP contribution is -2.44. The summed E-state index contributed by atoms with van der Waals surface area (Å²) in [6.45, 7) is 3.91. The predicted octanol–water partition coefficient (Wildman–Crippen LogP) is 4.31. The number of carbonyl (C=O) groups is 1. The third-order valence-electron chi connectivity index (χ3n) is 5.68. The number of ether oxygens (including phenoxy) is 1. The highest BCUT2D eigenvalue weighted by molar-refractivity contribution is 6.30. The number of rotatable bonds is 5. The fraction of sp³-hybridized carbons (Fsp3) is 0.304. The number of benzene rings is 2. The first-order valence-electron chi connectivity index (χ1n) is 9.80. The molecule has 1 saturated heterocycles. The molecule has 1 N–H and O–H groups in total. The molecule has 29 heavy (non-hydrogen) atoms. The number of halogens is 1. The van der Waals surface area contributed by atoms with Gasteiger partial charge in [0.25, 0.3) is 5.91 Å². The summed E-state index contributed by atoms with van der Waals surface area (Å²) in [5.41, 5.74) is 3.60. The highest BCUT2D eigenvalue weighted by Crippen LogP contribution is 2.35. The van der Waals surface area contributed by atoms with Crippen LogP contribution < -0.4 is 5.32 Å². The van der Waals surface area contributed by atoms with Crippen molar-refractivity contribution in [1.29, 1.82) is 0 Å². The van der Waals surface area contributed by atoms with Gasteiger partial charge in [0, 0.05) is 47.7 Å². The number of amides is 1. The van der Waals surface area contributed by atoms with Gasteiger partial charge in [-0.1, -0.05) is 23.7 Å². The Kier molecular flexibility index (Phi) is 5.69. The molecule has 0 aliphatic carbocycles. The molecule has 0 saturated carbocycles. The van der Waals surface area contributed by atoms with Crippen molar-refractivity contribution in [3.8, 4) is 5.69 Å². The van der Waals surface area contributed by atoms with E-state index in [9.17, 15) is 4.79 Å². The number of aryl methyl sites for hydroxylation is 1. The zero-order valence-corrected chi connectivity index (χ0v) is 17.2. The molecule has 1 aliphatic rings. The van der Waals surface area contributed by atoms with Gasteiger partial charge in [-0.15, -0.1) is 0 Å². The van der Waals surface area contributed by atoms with E-state index in [0.717, 1.165) is 29.8 Å². The van der Waals surface area contributed by atoms with Crippen LogP contribution in [0.1, 0.15) is 34.5 Å². The van der Waals surface area contributed by atoms with Crippen LogP contribution in [0.2, 0.25) is 5.02 Å². The van der Waals surface area contributed by atoms with Crippen LogP contribution in [0, 0.1) is 6.92 Å². The van der Waals surface area contributed by atoms with Crippen molar-refractivity contribution >= 4 is 17.5 Å². The Balaban J connectivity index is 1.49. The van der Waals surface area contributed by atoms with Gasteiger partial charge in [-0.2, -0.15) is 5.10 Å². The van der Waals surface area contributed by atoms with Gasteiger partial charge in [0.15, 0.2) is 0 Å². The highest BCUT2D eigenvalue weighted by atomic mass is 35.5. The van der Waals surface area contributed by atoms with Crippen LogP contribution in [0.3, 0.4) is 0 Å². The molecule has 2 aromatic carbocycles. The van der Waals surface area contributed by atoms with Gasteiger partial charge >= 0.3 is 0 Å². The molecule has 5 nitrogen and oxygen atoms in total. The molecule has 0 unspecified atom stereocenters. The van der Waals surface area contributed by atoms with Gasteiger partial charge in [-0.25, -0.2) is 4.68 Å². The standard InChI is InChI=1S/C23H24ClN3O2/c1-17-9-12-26-27(17)21-7-5-18(6-8-21)22(28)25-16-23(10-13-29-14-11-23)19-3-2-4-20(24)15-19/h2-9,12,15H,10-11,13-14,16H2,1H3,(H,25,28). The largest absolute Gasteiger partial charge is 0.381 e. The van der Waals surface area contributed by atoms with E-state index in [0.29, 0.717) is 30.3 Å². The minimum atomic E-state index is -0.162. The fourth-order valence-corrected chi connectivity index (χ4v) is 4.08. The Bertz CT molecular complexity index is 991. The van der Waals surface area contributed by atoms with Crippen molar-refractivity contribution in [2.45, 2.75) is 25.2 Å². The average Bonchev–Trinajstić information content (AvgIpc) is 3.19. The summed E-state index contributed by atoms with van der Waals surface area (Å²) < 4.78 is 7.42. The Morgan fingerprint density at radius 2 is 1.93 bits per heavy atom. The molecule has 3 aromatic rings. The Hall–Kier alpha value is -2.63. The van der Waals surface area contributed by atoms with Gasteiger partial charge in [-0.3, -0.25) is 4.79 Å². The van der Waals surface area contributed by atoms with E-state index < -0.39 is 0 Å². The van der Waals surface area contributed by atoms with Crippen molar-refractivity contribution < 1.29 is 9.53 Å². The number of nitrogens with zero attached hydrogens (tertiary/aromatic N) is 2. The first kappa shape index (κ1) is 19.7. The molecule has 1 aromatic heterocycles. The van der Waals surface area contributed by atoms with E-state index in [4.69, 9.17) is 16.3 Å². The maximum Gasteiger partial charge on any atom is 0.251 e. The number of carbonyl (C=O) groups excluding carboxylic acids is 1. The van der Waals surface area contributed by atoms with Gasteiger partial charge in [-0.05, 0) is 67.8 Å². The first-order chi connectivity index (χ1) is 14.1. The highest BCUT2D eigenvalue weighted by Gasteiger charge is 2.35. The number of nitrogens with one attached hydrogen (secondary N) is 1. The average molecular weight is 410 g/mol. The molecule has 0 spiro atoms. The van der Waals surface area contributed by atoms with Crippen LogP contribution in [0.25, 0.3) is 5.69 Å². The quantitative estimate of drug-likeness (QED) is 0.683. The first-order valence-corrected chi connectivity index (χ1v) is 10.2. The lowest BCUT2D eigenvalue weighted by atomic mass is 9.74. The van der Waals surface area contributed by atoms with E-state index >= 15 is 0 Å². The van der Waals surface area contributed by atoms with Crippen LogP contribution in [-0.2, 0) is 10.2 Å². The second-order valence-electron chi connectivity index (χ2n) is 7.52. The predicted molar refractivity (Wildman–Crippen MR) is 114 cm³/mol. The molecule has 150 valence electrons. The number of aromatic nitrogens is 2. The normalized spacial score (nSPS) is 15.8. The molecule has 0 radical (unpaired) electrons. The van der Waals surface area contributed by atoms with E-state index in [1.807, 2.05) is 60.1 Å². The lowest BCUT2D eigenvalue weighted by molar-refractivity contribution is 0.0487. The van der Waals surface area contributed by atoms with Crippen molar-refractivity contribution in [3.63, 3.8) is 0 Å². The van der Waals surface area contributed by atoms with Crippen LogP contribution in [-0.4, -0.2) is 35.4 Å². The fourth-order valence-electron chi connectivity index (χ4n) is 3.89. The SMILES string of the molecule is Cc1ccnn1-c1ccc(C(=O)NCC2(c3cccc(Cl)c3)CCOCC2)cc1. The minimum Gasteiger partial charge on any atom is -0.381 e. The summed E-state index contributed by atoms with van der Waals surface area (Å²) in [5.74, 6) is -0.0818. The van der Waals surface area contributed by atoms with E-state index in [-0.39, 0.29) is 11.3 Å². The second-order valence-corrected chi connectivity index (χ2v) is 7.95. The van der Waals surface area contributed by atoms with Crippen molar-refractivity contribution in [2.24, 2.45) is 0 Å². The third-order valence-corrected chi connectivity index (χ3v) is 5.92. The summed E-state index contributed by atoms with van der Waals surface area (Å²) in [4.78, 5) is 12.8. The van der Waals surface area contributed by atoms with Gasteiger partial charge in [0.2, 0.25) is 0 Å². The van der Waals surface area contributed by atoms with Crippen molar-refractivity contribution in [1.82, 2.24) is 15.1 Å².